The van der Waals surface area contributed by atoms with Crippen LogP contribution in [-0.4, -0.2) is 18.5 Å². The molecule has 0 radical (unpaired) electrons. The molecule has 0 spiro atoms. The van der Waals surface area contributed by atoms with Crippen LogP contribution in [0, 0.1) is 0 Å². The fourth-order valence-electron chi connectivity index (χ4n) is 4.30. The van der Waals surface area contributed by atoms with Crippen LogP contribution >= 0.6 is 51.1 Å². The maximum Gasteiger partial charge on any atom is -0.0128 e. The Bertz CT molecular complexity index is 439. The van der Waals surface area contributed by atoms with E-state index in [-0.39, 0.29) is 40.1 Å². The van der Waals surface area contributed by atoms with Crippen molar-refractivity contribution in [2.45, 2.75) is 143 Å². The van der Waals surface area contributed by atoms with Crippen molar-refractivity contribution in [3.05, 3.63) is 35.9 Å². The maximum absolute atomic E-state index is 2.69. The van der Waals surface area contributed by atoms with Crippen molar-refractivity contribution in [2.24, 2.45) is 0 Å². The minimum atomic E-state index is 0. The third-order valence-electron chi connectivity index (χ3n) is 6.56. The highest BCUT2D eigenvalue weighted by Crippen LogP contribution is 2.39. The molecule has 218 valence electrons. The van der Waals surface area contributed by atoms with E-state index in [1.807, 2.05) is 6.07 Å². The zero-order valence-electron chi connectivity index (χ0n) is 24.5. The van der Waals surface area contributed by atoms with Crippen molar-refractivity contribution in [1.82, 2.24) is 6.15 Å². The molecule has 0 aliphatic heterocycles. The molecular weight excluding hydrogens is 608 g/mol. The fraction of sp³-hybridized carbons (Fsp3) is 0.806. The van der Waals surface area contributed by atoms with Gasteiger partial charge in [-0.2, -0.15) is 0 Å². The summed E-state index contributed by atoms with van der Waals surface area (Å²) in [4.78, 5) is 0. The molecular formula is C31H65Br2NP2. The second-order valence-corrected chi connectivity index (χ2v) is 12.9. The highest BCUT2D eigenvalue weighted by Gasteiger charge is 2.07. The Kier molecular flexibility index (Phi) is 46.7. The lowest BCUT2D eigenvalue weighted by Crippen LogP contribution is -1.97. The summed E-state index contributed by atoms with van der Waals surface area (Å²) in [6.07, 6.45) is 32.3. The SMILES string of the molecule is Br.Br.CCCCCCCCP(CCCCCCCC)CCCCCCCC.N.PCc1ccccc1. The topological polar surface area (TPSA) is 35.0 Å². The van der Waals surface area contributed by atoms with E-state index in [9.17, 15) is 0 Å². The quantitative estimate of drug-likeness (QED) is 0.0965. The largest absolute Gasteiger partial charge is 0.344 e. The van der Waals surface area contributed by atoms with E-state index in [1.54, 1.807) is 18.5 Å². The highest BCUT2D eigenvalue weighted by atomic mass is 79.9. The van der Waals surface area contributed by atoms with E-state index in [2.05, 4.69) is 54.3 Å². The van der Waals surface area contributed by atoms with Crippen LogP contribution in [0.3, 0.4) is 0 Å². The third-order valence-corrected chi connectivity index (χ3v) is 9.88. The van der Waals surface area contributed by atoms with Gasteiger partial charge in [-0.05, 0) is 49.5 Å². The van der Waals surface area contributed by atoms with Gasteiger partial charge in [0.25, 0.3) is 0 Å². The van der Waals surface area contributed by atoms with Gasteiger partial charge in [0.15, 0.2) is 0 Å². The molecule has 1 atom stereocenters. The Hall–Kier alpha value is 1.00. The van der Waals surface area contributed by atoms with Crippen LogP contribution in [0.25, 0.3) is 0 Å². The third kappa shape index (κ3) is 33.0. The monoisotopic (exact) mass is 671 g/mol. The van der Waals surface area contributed by atoms with Crippen LogP contribution in [0.2, 0.25) is 0 Å². The lowest BCUT2D eigenvalue weighted by Gasteiger charge is -2.18. The van der Waals surface area contributed by atoms with Crippen LogP contribution in [-0.2, 0) is 6.16 Å². The van der Waals surface area contributed by atoms with Gasteiger partial charge in [0, 0.05) is 0 Å². The molecule has 3 N–H and O–H groups in total. The average Bonchev–Trinajstić information content (AvgIpc) is 2.85. The van der Waals surface area contributed by atoms with Crippen molar-refractivity contribution in [3.8, 4) is 0 Å². The van der Waals surface area contributed by atoms with E-state index in [4.69, 9.17) is 0 Å². The molecule has 1 nitrogen and oxygen atoms in total. The Labute approximate surface area is 253 Å². The first-order valence-corrected chi connectivity index (χ1v) is 17.5. The number of hydrogen-bond donors (Lipinski definition) is 1. The molecule has 0 saturated heterocycles. The van der Waals surface area contributed by atoms with Crippen LogP contribution in [0.1, 0.15) is 142 Å². The summed E-state index contributed by atoms with van der Waals surface area (Å²) in [5.74, 6) is 0. The van der Waals surface area contributed by atoms with E-state index < -0.39 is 0 Å². The summed E-state index contributed by atoms with van der Waals surface area (Å²) < 4.78 is 0. The van der Waals surface area contributed by atoms with Crippen molar-refractivity contribution in [1.29, 1.82) is 0 Å². The Morgan fingerprint density at radius 2 is 0.806 bits per heavy atom. The van der Waals surface area contributed by atoms with Gasteiger partial charge >= 0.3 is 0 Å². The van der Waals surface area contributed by atoms with Crippen molar-refractivity contribution in [3.63, 3.8) is 0 Å². The van der Waals surface area contributed by atoms with Crippen LogP contribution in [0.5, 0.6) is 0 Å². The molecule has 0 saturated carbocycles. The number of rotatable bonds is 22. The Morgan fingerprint density at radius 1 is 0.500 bits per heavy atom. The van der Waals surface area contributed by atoms with Gasteiger partial charge < -0.3 is 6.15 Å². The summed E-state index contributed by atoms with van der Waals surface area (Å²) in [5, 5.41) is 0. The smallest absolute Gasteiger partial charge is 0.0128 e. The molecule has 0 heterocycles. The number of halogens is 2. The lowest BCUT2D eigenvalue weighted by atomic mass is 10.1. The molecule has 0 bridgehead atoms. The molecule has 0 aliphatic rings. The Balaban J connectivity index is -0.000000395. The summed E-state index contributed by atoms with van der Waals surface area (Å²) in [5.41, 5.74) is 1.37. The number of unbranched alkanes of at least 4 members (excludes halogenated alkanes) is 15. The van der Waals surface area contributed by atoms with E-state index >= 15 is 0 Å². The van der Waals surface area contributed by atoms with Gasteiger partial charge in [-0.3, -0.25) is 0 Å². The predicted molar refractivity (Wildman–Crippen MR) is 187 cm³/mol. The minimum absolute atomic E-state index is 0. The molecule has 1 aromatic carbocycles. The number of benzene rings is 1. The maximum atomic E-state index is 2.69. The first-order chi connectivity index (χ1) is 16.3. The van der Waals surface area contributed by atoms with Gasteiger partial charge in [-0.1, -0.05) is 147 Å². The minimum Gasteiger partial charge on any atom is -0.344 e. The molecule has 1 unspecified atom stereocenters. The van der Waals surface area contributed by atoms with Crippen LogP contribution in [0.15, 0.2) is 30.3 Å². The van der Waals surface area contributed by atoms with E-state index in [0.29, 0.717) is 7.92 Å². The second kappa shape index (κ2) is 38.1. The molecule has 0 aromatic heterocycles. The van der Waals surface area contributed by atoms with Crippen molar-refractivity contribution < 1.29 is 0 Å². The van der Waals surface area contributed by atoms with Gasteiger partial charge in [0.1, 0.15) is 0 Å². The first-order valence-electron chi connectivity index (χ1n) is 14.7. The molecule has 0 fully saturated rings. The molecule has 1 aromatic rings. The van der Waals surface area contributed by atoms with E-state index in [1.165, 1.54) is 121 Å². The van der Waals surface area contributed by atoms with Gasteiger partial charge in [0.2, 0.25) is 0 Å². The molecule has 0 aliphatic carbocycles. The zero-order chi connectivity index (χ0) is 24.2. The van der Waals surface area contributed by atoms with Crippen LogP contribution < -0.4 is 6.15 Å². The summed E-state index contributed by atoms with van der Waals surface area (Å²) in [6, 6.07) is 10.4. The predicted octanol–water partition coefficient (Wildman–Crippen LogP) is 12.9. The van der Waals surface area contributed by atoms with E-state index in [0.717, 1.165) is 6.16 Å². The highest BCUT2D eigenvalue weighted by molar-refractivity contribution is 8.93. The normalized spacial score (nSPS) is 10.0. The van der Waals surface area contributed by atoms with Gasteiger partial charge in [-0.25, -0.2) is 0 Å². The standard InChI is InChI=1S/C24H51P.C7H9P.2BrH.H3N/c1-4-7-10-13-16-19-22-25(23-20-17-14-11-8-5-2)24-21-18-15-12-9-6-3;8-6-7-4-2-1-3-5-7;;;/h4-24H2,1-3H3;1-5H,6,8H2;2*1H;1H3. The summed E-state index contributed by atoms with van der Waals surface area (Å²) >= 11 is 0. The molecule has 36 heavy (non-hydrogen) atoms. The Morgan fingerprint density at radius 3 is 1.08 bits per heavy atom. The summed E-state index contributed by atoms with van der Waals surface area (Å²) in [6.45, 7) is 6.96. The van der Waals surface area contributed by atoms with Gasteiger partial charge in [-0.15, -0.1) is 51.1 Å². The first kappa shape index (κ1) is 44.0. The fourth-order valence-corrected chi connectivity index (χ4v) is 7.25. The number of hydrogen-bond acceptors (Lipinski definition) is 1. The van der Waals surface area contributed by atoms with Gasteiger partial charge in [0.05, 0.1) is 0 Å². The molecule has 0 amide bonds. The second-order valence-electron chi connectivity index (χ2n) is 9.83. The average molecular weight is 674 g/mol. The lowest BCUT2D eigenvalue weighted by molar-refractivity contribution is 0.617. The van der Waals surface area contributed by atoms with Crippen LogP contribution in [0.4, 0.5) is 0 Å². The van der Waals surface area contributed by atoms with Crippen molar-refractivity contribution in [2.75, 3.05) is 18.5 Å². The molecule has 1 rings (SSSR count). The van der Waals surface area contributed by atoms with Crippen molar-refractivity contribution >= 4 is 51.1 Å². The molecule has 5 heteroatoms. The zero-order valence-corrected chi connectivity index (χ0v) is 30.0. The summed E-state index contributed by atoms with van der Waals surface area (Å²) in [7, 11) is 3.06.